The van der Waals surface area contributed by atoms with Gasteiger partial charge in [0.15, 0.2) is 0 Å². The van der Waals surface area contributed by atoms with Crippen LogP contribution in [0.2, 0.25) is 0 Å². The Morgan fingerprint density at radius 1 is 1.40 bits per heavy atom. The lowest BCUT2D eigenvalue weighted by atomic mass is 10.1. The summed E-state index contributed by atoms with van der Waals surface area (Å²) in [4.78, 5) is 11.0. The minimum absolute atomic E-state index is 0.0716. The van der Waals surface area contributed by atoms with Crippen LogP contribution >= 0.6 is 11.8 Å². The summed E-state index contributed by atoms with van der Waals surface area (Å²) < 4.78 is 0. The summed E-state index contributed by atoms with van der Waals surface area (Å²) in [6, 6.07) is 7.46. The zero-order valence-electron chi connectivity index (χ0n) is 8.23. The van der Waals surface area contributed by atoms with Gasteiger partial charge in [0.25, 0.3) is 5.24 Å². The number of carbonyl (C=O) groups is 1. The normalized spacial score (nSPS) is 20.7. The van der Waals surface area contributed by atoms with Crippen molar-refractivity contribution in [3.05, 3.63) is 29.8 Å². The molecule has 0 spiro atoms. The Kier molecular flexibility index (Phi) is 2.64. The Bertz CT molecular complexity index is 413. The molecular weight excluding hydrogens is 210 g/mol. The van der Waals surface area contributed by atoms with Gasteiger partial charge in [-0.1, -0.05) is 23.9 Å². The molecule has 0 aromatic heterocycles. The summed E-state index contributed by atoms with van der Waals surface area (Å²) in [7, 11) is 0. The summed E-state index contributed by atoms with van der Waals surface area (Å²) in [5, 5.41) is 4.01. The van der Waals surface area contributed by atoms with Crippen molar-refractivity contribution in [1.29, 1.82) is 0 Å². The van der Waals surface area contributed by atoms with Crippen LogP contribution in [0.25, 0.3) is 0 Å². The van der Waals surface area contributed by atoms with Gasteiger partial charge in [-0.05, 0) is 24.6 Å². The first-order valence-electron chi connectivity index (χ1n) is 4.57. The Morgan fingerprint density at radius 3 is 2.67 bits per heavy atom. The summed E-state index contributed by atoms with van der Waals surface area (Å²) >= 11 is 1.24. The van der Waals surface area contributed by atoms with Gasteiger partial charge < -0.3 is 5.73 Å². The second-order valence-corrected chi connectivity index (χ2v) is 4.59. The molecule has 5 heteroatoms. The number of hydrogen-bond acceptors (Lipinski definition) is 4. The molecule has 1 heterocycles. The number of anilines is 1. The van der Waals surface area contributed by atoms with Crippen molar-refractivity contribution in [2.45, 2.75) is 12.2 Å². The van der Waals surface area contributed by atoms with Gasteiger partial charge in [0.2, 0.25) is 0 Å². The van der Waals surface area contributed by atoms with Crippen LogP contribution in [0.1, 0.15) is 12.5 Å². The van der Waals surface area contributed by atoms with E-state index in [0.717, 1.165) is 17.0 Å². The summed E-state index contributed by atoms with van der Waals surface area (Å²) in [5.74, 6) is 0. The van der Waals surface area contributed by atoms with Gasteiger partial charge in [-0.3, -0.25) is 4.79 Å². The quantitative estimate of drug-likeness (QED) is 0.711. The van der Waals surface area contributed by atoms with Crippen LogP contribution in [0.4, 0.5) is 10.5 Å². The van der Waals surface area contributed by atoms with E-state index in [-0.39, 0.29) is 10.5 Å². The van der Waals surface area contributed by atoms with Gasteiger partial charge in [-0.25, -0.2) is 5.43 Å². The van der Waals surface area contributed by atoms with E-state index < -0.39 is 0 Å². The molecule has 0 aliphatic carbocycles. The first-order valence-corrected chi connectivity index (χ1v) is 5.45. The summed E-state index contributed by atoms with van der Waals surface area (Å²) in [6.45, 7) is 1.96. The van der Waals surface area contributed by atoms with Crippen molar-refractivity contribution in [1.82, 2.24) is 5.43 Å². The minimum Gasteiger partial charge on any atom is -0.399 e. The molecule has 1 aliphatic heterocycles. The largest absolute Gasteiger partial charge is 0.399 e. The second kappa shape index (κ2) is 3.94. The average molecular weight is 221 g/mol. The molecule has 1 aromatic carbocycles. The molecule has 0 radical (unpaired) electrons. The Labute approximate surface area is 91.9 Å². The number of nitrogens with two attached hydrogens (primary N) is 1. The molecule has 78 valence electrons. The zero-order valence-corrected chi connectivity index (χ0v) is 9.04. The molecule has 15 heavy (non-hydrogen) atoms. The maximum Gasteiger partial charge on any atom is 0.299 e. The number of nitrogens with one attached hydrogen (secondary N) is 1. The van der Waals surface area contributed by atoms with E-state index in [1.165, 1.54) is 11.8 Å². The SMILES string of the molecule is C[C@H]1SC(=O)NN=C1c1ccc(N)cc1. The highest BCUT2D eigenvalue weighted by atomic mass is 32.2. The van der Waals surface area contributed by atoms with Gasteiger partial charge in [0.05, 0.1) is 11.0 Å². The average Bonchev–Trinajstić information content (AvgIpc) is 2.20. The number of nitrogen functional groups attached to an aromatic ring is 1. The van der Waals surface area contributed by atoms with Crippen LogP contribution in [0.15, 0.2) is 29.4 Å². The zero-order chi connectivity index (χ0) is 10.8. The number of benzene rings is 1. The Morgan fingerprint density at radius 2 is 2.07 bits per heavy atom. The first-order chi connectivity index (χ1) is 7.16. The molecule has 0 bridgehead atoms. The van der Waals surface area contributed by atoms with Crippen molar-refractivity contribution < 1.29 is 4.79 Å². The predicted molar refractivity (Wildman–Crippen MR) is 63.0 cm³/mol. The number of amides is 1. The first kappa shape index (κ1) is 10.0. The number of thioether (sulfide) groups is 1. The Hall–Kier alpha value is -1.49. The Balaban J connectivity index is 2.31. The molecule has 1 aliphatic rings. The molecule has 3 N–H and O–H groups in total. The van der Waals surface area contributed by atoms with Gasteiger partial charge >= 0.3 is 0 Å². The lowest BCUT2D eigenvalue weighted by Gasteiger charge is -2.18. The minimum atomic E-state index is -0.110. The summed E-state index contributed by atoms with van der Waals surface area (Å²) in [5.41, 5.74) is 10.6. The van der Waals surface area contributed by atoms with Crippen molar-refractivity contribution in [2.24, 2.45) is 5.10 Å². The third-order valence-corrected chi connectivity index (χ3v) is 3.03. The highest BCUT2D eigenvalue weighted by Gasteiger charge is 2.21. The fourth-order valence-corrected chi connectivity index (χ4v) is 2.11. The monoisotopic (exact) mass is 221 g/mol. The van der Waals surface area contributed by atoms with Crippen LogP contribution in [0.3, 0.4) is 0 Å². The highest BCUT2D eigenvalue weighted by molar-refractivity contribution is 8.14. The molecule has 1 amide bonds. The predicted octanol–water partition coefficient (Wildman–Crippen LogP) is 1.82. The van der Waals surface area contributed by atoms with Gasteiger partial charge in [-0.15, -0.1) is 0 Å². The van der Waals surface area contributed by atoms with Gasteiger partial charge in [-0.2, -0.15) is 5.10 Å². The third-order valence-electron chi connectivity index (χ3n) is 2.14. The molecular formula is C10H11N3OS. The van der Waals surface area contributed by atoms with E-state index in [9.17, 15) is 4.79 Å². The van der Waals surface area contributed by atoms with Crippen LogP contribution in [0.5, 0.6) is 0 Å². The second-order valence-electron chi connectivity index (χ2n) is 3.28. The molecule has 0 saturated heterocycles. The van der Waals surface area contributed by atoms with Crippen molar-refractivity contribution in [2.75, 3.05) is 5.73 Å². The van der Waals surface area contributed by atoms with E-state index in [1.54, 1.807) is 0 Å². The summed E-state index contributed by atoms with van der Waals surface area (Å²) in [6.07, 6.45) is 0. The van der Waals surface area contributed by atoms with Crippen molar-refractivity contribution >= 4 is 28.4 Å². The van der Waals surface area contributed by atoms with Crippen molar-refractivity contribution in [3.63, 3.8) is 0 Å². The number of hydrazone groups is 1. The highest BCUT2D eigenvalue weighted by Crippen LogP contribution is 2.21. The molecule has 2 rings (SSSR count). The van der Waals surface area contributed by atoms with Gasteiger partial charge in [0, 0.05) is 5.69 Å². The third kappa shape index (κ3) is 2.12. The van der Waals surface area contributed by atoms with Crippen LogP contribution < -0.4 is 11.2 Å². The van der Waals surface area contributed by atoms with E-state index in [0.29, 0.717) is 0 Å². The number of nitrogens with zero attached hydrogens (tertiary/aromatic N) is 1. The molecule has 1 aromatic rings. The molecule has 0 unspecified atom stereocenters. The topological polar surface area (TPSA) is 67.5 Å². The number of rotatable bonds is 1. The standard InChI is InChI=1S/C10H11N3OS/c1-6-9(12-13-10(14)15-6)7-2-4-8(11)5-3-7/h2-6H,11H2,1H3,(H,13,14)/t6-/m1/s1. The fraction of sp³-hybridized carbons (Fsp3) is 0.200. The van der Waals surface area contributed by atoms with E-state index in [4.69, 9.17) is 5.73 Å². The van der Waals surface area contributed by atoms with E-state index >= 15 is 0 Å². The maximum atomic E-state index is 11.0. The number of hydrogen-bond donors (Lipinski definition) is 2. The fourth-order valence-electron chi connectivity index (χ4n) is 1.39. The lowest BCUT2D eigenvalue weighted by Crippen LogP contribution is -2.29. The molecule has 4 nitrogen and oxygen atoms in total. The molecule has 0 fully saturated rings. The van der Waals surface area contributed by atoms with Crippen LogP contribution in [-0.4, -0.2) is 16.2 Å². The van der Waals surface area contributed by atoms with Crippen LogP contribution in [-0.2, 0) is 0 Å². The smallest absolute Gasteiger partial charge is 0.299 e. The lowest BCUT2D eigenvalue weighted by molar-refractivity contribution is 0.261. The van der Waals surface area contributed by atoms with Gasteiger partial charge in [0.1, 0.15) is 0 Å². The number of carbonyl (C=O) groups excluding carboxylic acids is 1. The molecule has 1 atom stereocenters. The van der Waals surface area contributed by atoms with Crippen LogP contribution in [0, 0.1) is 0 Å². The van der Waals surface area contributed by atoms with E-state index in [2.05, 4.69) is 10.5 Å². The molecule has 0 saturated carbocycles. The van der Waals surface area contributed by atoms with E-state index in [1.807, 2.05) is 31.2 Å². The maximum absolute atomic E-state index is 11.0. The van der Waals surface area contributed by atoms with Crippen molar-refractivity contribution in [3.8, 4) is 0 Å².